The maximum atomic E-state index is 5.16. The minimum absolute atomic E-state index is 0.774. The van der Waals surface area contributed by atoms with Gasteiger partial charge in [0, 0.05) is 25.4 Å². The molecule has 21 heavy (non-hydrogen) atoms. The molecule has 2 aromatic rings. The van der Waals surface area contributed by atoms with Gasteiger partial charge in [-0.15, -0.1) is 0 Å². The zero-order valence-electron chi connectivity index (χ0n) is 13.0. The first-order valence-electron chi connectivity index (χ1n) is 7.20. The molecule has 0 spiro atoms. The van der Waals surface area contributed by atoms with E-state index in [9.17, 15) is 0 Å². The van der Waals surface area contributed by atoms with Gasteiger partial charge in [0.2, 0.25) is 5.82 Å². The molecule has 0 atom stereocenters. The highest BCUT2D eigenvalue weighted by molar-refractivity contribution is 5.31. The van der Waals surface area contributed by atoms with E-state index in [-0.39, 0.29) is 0 Å². The Labute approximate surface area is 127 Å². The molecule has 1 N–H and O–H groups in total. The van der Waals surface area contributed by atoms with Crippen LogP contribution in [0.1, 0.15) is 5.56 Å². The molecule has 1 aromatic heterocycles. The van der Waals surface area contributed by atoms with Crippen molar-refractivity contribution in [2.75, 3.05) is 34.3 Å². The average molecular weight is 286 g/mol. The van der Waals surface area contributed by atoms with Gasteiger partial charge in [0.05, 0.1) is 27.7 Å². The number of pyridine rings is 1. The Morgan fingerprint density at radius 3 is 2.48 bits per heavy atom. The van der Waals surface area contributed by atoms with Gasteiger partial charge in [-0.2, -0.15) is 0 Å². The highest BCUT2D eigenvalue weighted by atomic mass is 16.5. The van der Waals surface area contributed by atoms with Crippen molar-refractivity contribution in [1.82, 2.24) is 14.8 Å². The minimum Gasteiger partial charge on any atom is -0.497 e. The molecular weight excluding hydrogens is 262 g/mol. The van der Waals surface area contributed by atoms with Crippen LogP contribution < -0.4 is 14.5 Å². The lowest BCUT2D eigenvalue weighted by Crippen LogP contribution is -2.45. The first-order valence-corrected chi connectivity index (χ1v) is 7.20. The number of likely N-dealkylation sites (N-methyl/N-ethyl adjacent to an activating group) is 1. The average Bonchev–Trinajstić information content (AvgIpc) is 2.53. The van der Waals surface area contributed by atoms with Crippen LogP contribution in [-0.2, 0) is 6.54 Å². The molecular formula is C17H24N3O+. The summed E-state index contributed by atoms with van der Waals surface area (Å²) in [5, 5.41) is 3.48. The summed E-state index contributed by atoms with van der Waals surface area (Å²) < 4.78 is 5.93. The fraction of sp³-hybridized carbons (Fsp3) is 0.353. The van der Waals surface area contributed by atoms with E-state index in [1.54, 1.807) is 7.11 Å². The molecule has 1 heterocycles. The third kappa shape index (κ3) is 4.55. The summed E-state index contributed by atoms with van der Waals surface area (Å²) in [5.41, 5.74) is 1.26. The van der Waals surface area contributed by atoms with Gasteiger partial charge >= 0.3 is 0 Å². The molecule has 0 aliphatic rings. The monoisotopic (exact) mass is 286 g/mol. The van der Waals surface area contributed by atoms with E-state index in [4.69, 9.17) is 4.74 Å². The van der Waals surface area contributed by atoms with Crippen molar-refractivity contribution in [3.63, 3.8) is 0 Å². The highest BCUT2D eigenvalue weighted by Crippen LogP contribution is 2.13. The van der Waals surface area contributed by atoms with Gasteiger partial charge in [-0.1, -0.05) is 18.2 Å². The van der Waals surface area contributed by atoms with Crippen LogP contribution in [-0.4, -0.2) is 39.3 Å². The molecule has 4 nitrogen and oxygen atoms in total. The summed E-state index contributed by atoms with van der Waals surface area (Å²) in [6.45, 7) is 2.80. The summed E-state index contributed by atoms with van der Waals surface area (Å²) in [7, 11) is 6.04. The van der Waals surface area contributed by atoms with E-state index >= 15 is 0 Å². The van der Waals surface area contributed by atoms with Crippen LogP contribution >= 0.6 is 0 Å². The molecule has 0 aliphatic carbocycles. The topological polar surface area (TPSA) is 34.1 Å². The number of nitrogens with zero attached hydrogens (tertiary/aromatic N) is 2. The third-order valence-electron chi connectivity index (χ3n) is 3.61. The predicted octanol–water partition coefficient (Wildman–Crippen LogP) is 2.45. The molecule has 0 bridgehead atoms. The van der Waals surface area contributed by atoms with Crippen LogP contribution in [0.5, 0.6) is 5.75 Å². The van der Waals surface area contributed by atoms with Gasteiger partial charge in [0.15, 0.2) is 0 Å². The molecule has 4 heteroatoms. The normalized spacial score (nSPS) is 11.4. The van der Waals surface area contributed by atoms with E-state index in [2.05, 4.69) is 42.6 Å². The smallest absolute Gasteiger partial charge is 0.227 e. The highest BCUT2D eigenvalue weighted by Gasteiger charge is 2.19. The van der Waals surface area contributed by atoms with Crippen LogP contribution in [0.25, 0.3) is 0 Å². The molecule has 0 aliphatic heterocycles. The minimum atomic E-state index is 0.774. The van der Waals surface area contributed by atoms with Crippen LogP contribution in [0, 0.1) is 0 Å². The summed E-state index contributed by atoms with van der Waals surface area (Å²) in [6, 6.07) is 14.2. The Bertz CT molecular complexity index is 538. The number of hydrogen-bond acceptors (Lipinski definition) is 3. The summed E-state index contributed by atoms with van der Waals surface area (Å²) in [4.78, 5) is 4.44. The van der Waals surface area contributed by atoms with E-state index in [1.807, 2.05) is 30.5 Å². The maximum Gasteiger partial charge on any atom is 0.227 e. The third-order valence-corrected chi connectivity index (χ3v) is 3.61. The molecule has 0 saturated carbocycles. The number of aromatic nitrogens is 1. The molecule has 0 saturated heterocycles. The number of quaternary nitrogens is 1. The molecule has 112 valence electrons. The first kappa shape index (κ1) is 15.5. The van der Waals surface area contributed by atoms with Crippen molar-refractivity contribution >= 4 is 5.82 Å². The Kier molecular flexibility index (Phi) is 5.31. The SMILES string of the molecule is COc1ccc(CNCC[N+](C)(C)c2ccccn2)cc1. The van der Waals surface area contributed by atoms with E-state index in [1.165, 1.54) is 5.56 Å². The number of rotatable bonds is 7. The van der Waals surface area contributed by atoms with Gasteiger partial charge in [-0.05, 0) is 23.8 Å². The summed E-state index contributed by atoms with van der Waals surface area (Å²) in [6.07, 6.45) is 1.85. The fourth-order valence-corrected chi connectivity index (χ4v) is 2.16. The van der Waals surface area contributed by atoms with Gasteiger partial charge in [-0.25, -0.2) is 4.98 Å². The Morgan fingerprint density at radius 2 is 1.86 bits per heavy atom. The van der Waals surface area contributed by atoms with E-state index in [0.29, 0.717) is 0 Å². The van der Waals surface area contributed by atoms with Crippen molar-refractivity contribution in [2.45, 2.75) is 6.54 Å². The lowest BCUT2D eigenvalue weighted by molar-refractivity contribution is 0.381. The quantitative estimate of drug-likeness (QED) is 0.627. The van der Waals surface area contributed by atoms with Crippen molar-refractivity contribution in [2.24, 2.45) is 0 Å². The predicted molar refractivity (Wildman–Crippen MR) is 87.4 cm³/mol. The number of nitrogens with one attached hydrogen (secondary N) is 1. The van der Waals surface area contributed by atoms with Crippen LogP contribution in [0.4, 0.5) is 5.82 Å². The van der Waals surface area contributed by atoms with Crippen molar-refractivity contribution in [3.05, 3.63) is 54.2 Å². The van der Waals surface area contributed by atoms with Crippen LogP contribution in [0.2, 0.25) is 0 Å². The second kappa shape index (κ2) is 7.20. The largest absolute Gasteiger partial charge is 0.497 e. The zero-order chi connectivity index (χ0) is 15.1. The Morgan fingerprint density at radius 1 is 1.10 bits per heavy atom. The molecule has 0 radical (unpaired) electrons. The van der Waals surface area contributed by atoms with Crippen LogP contribution in [0.15, 0.2) is 48.7 Å². The second-order valence-electron chi connectivity index (χ2n) is 5.62. The standard InChI is InChI=1S/C17H24N3O/c1-20(2,17-6-4-5-11-19-17)13-12-18-14-15-7-9-16(21-3)10-8-15/h4-11,18H,12-14H2,1-3H3/q+1. The number of methoxy groups -OCH3 is 1. The van der Waals surface area contributed by atoms with Crippen molar-refractivity contribution in [1.29, 1.82) is 0 Å². The maximum absolute atomic E-state index is 5.16. The van der Waals surface area contributed by atoms with Crippen molar-refractivity contribution < 1.29 is 4.74 Å². The Balaban J connectivity index is 1.78. The van der Waals surface area contributed by atoms with Crippen LogP contribution in [0.3, 0.4) is 0 Å². The zero-order valence-corrected chi connectivity index (χ0v) is 13.0. The Hall–Kier alpha value is -1.91. The first-order chi connectivity index (χ1) is 10.1. The summed E-state index contributed by atoms with van der Waals surface area (Å²) in [5.74, 6) is 1.98. The number of ether oxygens (including phenoxy) is 1. The summed E-state index contributed by atoms with van der Waals surface area (Å²) >= 11 is 0. The number of hydrogen-bond donors (Lipinski definition) is 1. The molecule has 0 unspecified atom stereocenters. The van der Waals surface area contributed by atoms with E-state index in [0.717, 1.165) is 35.7 Å². The molecule has 1 aromatic carbocycles. The lowest BCUT2D eigenvalue weighted by Gasteiger charge is -2.27. The number of benzene rings is 1. The molecule has 0 fully saturated rings. The molecule has 2 rings (SSSR count). The van der Waals surface area contributed by atoms with Crippen molar-refractivity contribution in [3.8, 4) is 5.75 Å². The van der Waals surface area contributed by atoms with E-state index < -0.39 is 0 Å². The lowest BCUT2D eigenvalue weighted by atomic mass is 10.2. The fourth-order valence-electron chi connectivity index (χ4n) is 2.16. The molecule has 0 amide bonds. The van der Waals surface area contributed by atoms with Gasteiger partial charge < -0.3 is 10.1 Å². The van der Waals surface area contributed by atoms with Gasteiger partial charge in [0.25, 0.3) is 0 Å². The van der Waals surface area contributed by atoms with Gasteiger partial charge in [-0.3, -0.25) is 4.48 Å². The van der Waals surface area contributed by atoms with Gasteiger partial charge in [0.1, 0.15) is 5.75 Å². The second-order valence-corrected chi connectivity index (χ2v) is 5.62.